The second-order valence-electron chi connectivity index (χ2n) is 3.56. The van der Waals surface area contributed by atoms with Crippen LogP contribution < -0.4 is 0 Å². The molecule has 0 aromatic rings. The van der Waals surface area contributed by atoms with Gasteiger partial charge in [-0.05, 0) is 12.8 Å². The largest absolute Gasteiger partial charge is 0.377 e. The highest BCUT2D eigenvalue weighted by molar-refractivity contribution is 5.79. The molecule has 2 aliphatic heterocycles. The van der Waals surface area contributed by atoms with Gasteiger partial charge in [0, 0.05) is 0 Å². The maximum absolute atomic E-state index is 11.5. The number of rotatable bonds is 1. The van der Waals surface area contributed by atoms with Crippen LogP contribution in [0.25, 0.3) is 0 Å². The van der Waals surface area contributed by atoms with E-state index in [0.29, 0.717) is 13.2 Å². The van der Waals surface area contributed by atoms with Gasteiger partial charge in [-0.1, -0.05) is 0 Å². The van der Waals surface area contributed by atoms with Crippen molar-refractivity contribution in [3.05, 3.63) is 0 Å². The summed E-state index contributed by atoms with van der Waals surface area (Å²) in [5.41, 5.74) is 0. The van der Waals surface area contributed by atoms with Gasteiger partial charge >= 0.3 is 0 Å². The van der Waals surface area contributed by atoms with E-state index < -0.39 is 0 Å². The van der Waals surface area contributed by atoms with Crippen LogP contribution in [0, 0.1) is 11.3 Å². The van der Waals surface area contributed by atoms with Crippen molar-refractivity contribution in [1.29, 1.82) is 5.26 Å². The van der Waals surface area contributed by atoms with Crippen LogP contribution in [0.4, 0.5) is 0 Å². The van der Waals surface area contributed by atoms with Gasteiger partial charge in [0.1, 0.15) is 6.42 Å². The summed E-state index contributed by atoms with van der Waals surface area (Å²) < 4.78 is 5.34. The number of nitriles is 1. The first-order chi connectivity index (χ1) is 6.33. The molecule has 13 heavy (non-hydrogen) atoms. The predicted molar refractivity (Wildman–Crippen MR) is 44.7 cm³/mol. The van der Waals surface area contributed by atoms with Crippen LogP contribution in [0.5, 0.6) is 0 Å². The van der Waals surface area contributed by atoms with E-state index in [9.17, 15) is 4.79 Å². The van der Waals surface area contributed by atoms with E-state index in [2.05, 4.69) is 0 Å². The fourth-order valence-electron chi connectivity index (χ4n) is 2.19. The van der Waals surface area contributed by atoms with E-state index in [-0.39, 0.29) is 24.4 Å². The monoisotopic (exact) mass is 180 g/mol. The molecule has 0 aromatic heterocycles. The normalized spacial score (nSPS) is 31.5. The lowest BCUT2D eigenvalue weighted by molar-refractivity contribution is -0.139. The molecule has 0 radical (unpaired) electrons. The molecule has 0 saturated carbocycles. The van der Waals surface area contributed by atoms with Crippen LogP contribution >= 0.6 is 0 Å². The van der Waals surface area contributed by atoms with Crippen molar-refractivity contribution in [3.63, 3.8) is 0 Å². The Morgan fingerprint density at radius 1 is 1.46 bits per heavy atom. The molecule has 0 aliphatic carbocycles. The highest BCUT2D eigenvalue weighted by atomic mass is 16.5. The molecule has 70 valence electrons. The summed E-state index contributed by atoms with van der Waals surface area (Å²) in [6, 6.07) is 2.37. The maximum Gasteiger partial charge on any atom is 0.237 e. The lowest BCUT2D eigenvalue weighted by Gasteiger charge is -2.34. The minimum atomic E-state index is -0.0294. The SMILES string of the molecule is N#CCC(=O)N1C2CCC1COC2. The molecule has 2 saturated heterocycles. The van der Waals surface area contributed by atoms with E-state index >= 15 is 0 Å². The average Bonchev–Trinajstić information content (AvgIpc) is 2.37. The molecule has 2 bridgehead atoms. The van der Waals surface area contributed by atoms with Crippen molar-refractivity contribution in [2.24, 2.45) is 0 Å². The van der Waals surface area contributed by atoms with Crippen molar-refractivity contribution < 1.29 is 9.53 Å². The van der Waals surface area contributed by atoms with Gasteiger partial charge in [-0.2, -0.15) is 5.26 Å². The van der Waals surface area contributed by atoms with Crippen molar-refractivity contribution in [2.45, 2.75) is 31.3 Å². The first kappa shape index (κ1) is 8.52. The van der Waals surface area contributed by atoms with E-state index in [0.717, 1.165) is 12.8 Å². The third-order valence-electron chi connectivity index (χ3n) is 2.76. The first-order valence-electron chi connectivity index (χ1n) is 4.59. The van der Waals surface area contributed by atoms with Crippen LogP contribution in [-0.4, -0.2) is 36.1 Å². The zero-order valence-electron chi connectivity index (χ0n) is 7.40. The van der Waals surface area contributed by atoms with E-state index in [1.54, 1.807) is 0 Å². The average molecular weight is 180 g/mol. The third kappa shape index (κ3) is 1.40. The van der Waals surface area contributed by atoms with Gasteiger partial charge in [0.15, 0.2) is 0 Å². The molecule has 2 unspecified atom stereocenters. The molecule has 0 N–H and O–H groups in total. The summed E-state index contributed by atoms with van der Waals surface area (Å²) >= 11 is 0. The lowest BCUT2D eigenvalue weighted by Crippen LogP contribution is -2.48. The molecule has 4 nitrogen and oxygen atoms in total. The van der Waals surface area contributed by atoms with Gasteiger partial charge in [0.05, 0.1) is 31.4 Å². The zero-order chi connectivity index (χ0) is 9.26. The summed E-state index contributed by atoms with van der Waals surface area (Å²) in [7, 11) is 0. The van der Waals surface area contributed by atoms with Gasteiger partial charge in [-0.25, -0.2) is 0 Å². The number of carbonyl (C=O) groups is 1. The Hall–Kier alpha value is -1.08. The number of hydrogen-bond donors (Lipinski definition) is 0. The predicted octanol–water partition coefficient (Wildman–Crippen LogP) is 0.290. The summed E-state index contributed by atoms with van der Waals surface area (Å²) in [6.45, 7) is 1.29. The second-order valence-corrected chi connectivity index (χ2v) is 3.56. The van der Waals surface area contributed by atoms with E-state index in [4.69, 9.17) is 10.00 Å². The number of hydrogen-bond acceptors (Lipinski definition) is 3. The number of amides is 1. The first-order valence-corrected chi connectivity index (χ1v) is 4.59. The Kier molecular flexibility index (Phi) is 2.19. The minimum Gasteiger partial charge on any atom is -0.377 e. The molecule has 2 rings (SSSR count). The maximum atomic E-state index is 11.5. The number of carbonyl (C=O) groups excluding carboxylic acids is 1. The molecular formula is C9H12N2O2. The van der Waals surface area contributed by atoms with Crippen molar-refractivity contribution in [3.8, 4) is 6.07 Å². The smallest absolute Gasteiger partial charge is 0.237 e. The highest BCUT2D eigenvalue weighted by Crippen LogP contribution is 2.28. The summed E-state index contributed by atoms with van der Waals surface area (Å²) in [6.07, 6.45) is 2.07. The zero-order valence-corrected chi connectivity index (χ0v) is 7.40. The van der Waals surface area contributed by atoms with Gasteiger partial charge in [-0.3, -0.25) is 4.79 Å². The van der Waals surface area contributed by atoms with E-state index in [1.807, 2.05) is 11.0 Å². The van der Waals surface area contributed by atoms with Crippen LogP contribution in [0.2, 0.25) is 0 Å². The van der Waals surface area contributed by atoms with E-state index in [1.165, 1.54) is 0 Å². The standard InChI is InChI=1S/C9H12N2O2/c10-4-3-9(12)11-7-1-2-8(11)6-13-5-7/h7-8H,1-3,5-6H2. The van der Waals surface area contributed by atoms with Crippen molar-refractivity contribution in [1.82, 2.24) is 4.90 Å². The minimum absolute atomic E-state index is 0.00694. The Morgan fingerprint density at radius 2 is 2.08 bits per heavy atom. The number of morpholine rings is 1. The van der Waals surface area contributed by atoms with Gasteiger partial charge < -0.3 is 9.64 Å². The van der Waals surface area contributed by atoms with Crippen LogP contribution in [0.1, 0.15) is 19.3 Å². The number of ether oxygens (including phenoxy) is 1. The Bertz CT molecular complexity index is 243. The van der Waals surface area contributed by atoms with Crippen LogP contribution in [-0.2, 0) is 9.53 Å². The molecule has 2 aliphatic rings. The fraction of sp³-hybridized carbons (Fsp3) is 0.778. The molecule has 0 spiro atoms. The Labute approximate surface area is 77.1 Å². The van der Waals surface area contributed by atoms with Crippen LogP contribution in [0.3, 0.4) is 0 Å². The van der Waals surface area contributed by atoms with Gasteiger partial charge in [0.25, 0.3) is 0 Å². The Balaban J connectivity index is 2.07. The molecule has 2 atom stereocenters. The molecule has 2 heterocycles. The molecule has 0 aromatic carbocycles. The van der Waals surface area contributed by atoms with Crippen LogP contribution in [0.15, 0.2) is 0 Å². The highest BCUT2D eigenvalue weighted by Gasteiger charge is 2.39. The van der Waals surface area contributed by atoms with Gasteiger partial charge in [-0.15, -0.1) is 0 Å². The number of nitrogens with zero attached hydrogens (tertiary/aromatic N) is 2. The molecular weight excluding hydrogens is 168 g/mol. The summed E-state index contributed by atoms with van der Waals surface area (Å²) in [5.74, 6) is -0.0294. The summed E-state index contributed by atoms with van der Waals surface area (Å²) in [5, 5.41) is 8.43. The Morgan fingerprint density at radius 3 is 2.62 bits per heavy atom. The van der Waals surface area contributed by atoms with Crippen molar-refractivity contribution in [2.75, 3.05) is 13.2 Å². The topological polar surface area (TPSA) is 53.3 Å². The molecule has 4 heteroatoms. The molecule has 2 fully saturated rings. The quantitative estimate of drug-likeness (QED) is 0.582. The second kappa shape index (κ2) is 3.35. The molecule has 1 amide bonds. The number of fused-ring (bicyclic) bond motifs is 2. The van der Waals surface area contributed by atoms with Crippen molar-refractivity contribution >= 4 is 5.91 Å². The fourth-order valence-corrected chi connectivity index (χ4v) is 2.19. The summed E-state index contributed by atoms with van der Waals surface area (Å²) in [4.78, 5) is 13.4. The third-order valence-corrected chi connectivity index (χ3v) is 2.76. The van der Waals surface area contributed by atoms with Gasteiger partial charge in [0.2, 0.25) is 5.91 Å². The lowest BCUT2D eigenvalue weighted by atomic mass is 10.2.